The highest BCUT2D eigenvalue weighted by atomic mass is 16.2. The lowest BCUT2D eigenvalue weighted by Gasteiger charge is -2.26. The molecule has 1 aromatic carbocycles. The van der Waals surface area contributed by atoms with Crippen molar-refractivity contribution in [3.05, 3.63) is 35.4 Å². The second kappa shape index (κ2) is 5.63. The quantitative estimate of drug-likeness (QED) is 0.791. The van der Waals surface area contributed by atoms with Crippen LogP contribution in [0.2, 0.25) is 0 Å². The van der Waals surface area contributed by atoms with Crippen molar-refractivity contribution >= 4 is 11.8 Å². The number of hydrogen-bond acceptors (Lipinski definition) is 2. The number of carbonyl (C=O) groups excluding carboxylic acids is 2. The van der Waals surface area contributed by atoms with E-state index >= 15 is 0 Å². The van der Waals surface area contributed by atoms with Crippen LogP contribution in [-0.2, 0) is 16.1 Å². The van der Waals surface area contributed by atoms with Crippen LogP contribution in [-0.4, -0.2) is 16.7 Å². The summed E-state index contributed by atoms with van der Waals surface area (Å²) in [6.45, 7) is 10.6. The number of imide groups is 1. The molecule has 0 spiro atoms. The van der Waals surface area contributed by atoms with Crippen LogP contribution in [0.1, 0.15) is 58.1 Å². The van der Waals surface area contributed by atoms with Crippen LogP contribution >= 0.6 is 0 Å². The van der Waals surface area contributed by atoms with Crippen LogP contribution in [0.3, 0.4) is 0 Å². The lowest BCUT2D eigenvalue weighted by molar-refractivity contribution is -0.142. The Morgan fingerprint density at radius 1 is 1.10 bits per heavy atom. The summed E-state index contributed by atoms with van der Waals surface area (Å²) in [4.78, 5) is 26.2. The molecule has 0 aromatic heterocycles. The third-order valence-corrected chi connectivity index (χ3v) is 4.81. The minimum Gasteiger partial charge on any atom is -0.278 e. The van der Waals surface area contributed by atoms with Crippen LogP contribution in [0.5, 0.6) is 0 Å². The first kappa shape index (κ1) is 15.7. The van der Waals surface area contributed by atoms with Crippen molar-refractivity contribution in [1.29, 1.82) is 0 Å². The number of carbonyl (C=O) groups is 2. The normalized spacial score (nSPS) is 22.7. The molecule has 3 heteroatoms. The smallest absolute Gasteiger partial charge is 0.236 e. The van der Waals surface area contributed by atoms with Gasteiger partial charge in [0.2, 0.25) is 11.8 Å². The Morgan fingerprint density at radius 3 is 2.10 bits per heavy atom. The Hall–Kier alpha value is -1.64. The summed E-state index contributed by atoms with van der Waals surface area (Å²) in [6.07, 6.45) is 0.327. The van der Waals surface area contributed by atoms with Gasteiger partial charge in [-0.25, -0.2) is 0 Å². The fourth-order valence-corrected chi connectivity index (χ4v) is 2.71. The van der Waals surface area contributed by atoms with Crippen LogP contribution in [0.4, 0.5) is 0 Å². The standard InChI is InChI=1S/C18H25NO2/c1-12(2)15-8-6-14(7-9-15)11-19-16(20)10-18(5,13(3)4)17(19)21/h6-9,12-13H,10-11H2,1-5H3. The van der Waals surface area contributed by atoms with Crippen LogP contribution in [0, 0.1) is 11.3 Å². The molecule has 2 amide bonds. The summed E-state index contributed by atoms with van der Waals surface area (Å²) in [7, 11) is 0. The number of nitrogens with zero attached hydrogens (tertiary/aromatic N) is 1. The average Bonchev–Trinajstić information content (AvgIpc) is 2.64. The van der Waals surface area contributed by atoms with Crippen LogP contribution in [0.15, 0.2) is 24.3 Å². The van der Waals surface area contributed by atoms with Gasteiger partial charge in [0.15, 0.2) is 0 Å². The first-order valence-electron chi connectivity index (χ1n) is 7.69. The van der Waals surface area contributed by atoms with Gasteiger partial charge in [-0.1, -0.05) is 52.0 Å². The molecule has 1 aliphatic heterocycles. The first-order chi connectivity index (χ1) is 9.75. The highest BCUT2D eigenvalue weighted by Crippen LogP contribution is 2.39. The minimum absolute atomic E-state index is 0.0320. The lowest BCUT2D eigenvalue weighted by atomic mass is 9.78. The number of likely N-dealkylation sites (tertiary alicyclic amines) is 1. The molecule has 3 nitrogen and oxygen atoms in total. The largest absolute Gasteiger partial charge is 0.278 e. The van der Waals surface area contributed by atoms with E-state index in [9.17, 15) is 9.59 Å². The van der Waals surface area contributed by atoms with Gasteiger partial charge in [0.25, 0.3) is 0 Å². The fourth-order valence-electron chi connectivity index (χ4n) is 2.71. The maximum absolute atomic E-state index is 12.6. The molecule has 0 saturated carbocycles. The van der Waals surface area contributed by atoms with Crippen molar-refractivity contribution in [1.82, 2.24) is 4.90 Å². The van der Waals surface area contributed by atoms with Gasteiger partial charge in [-0.05, 0) is 29.9 Å². The monoisotopic (exact) mass is 287 g/mol. The van der Waals surface area contributed by atoms with E-state index in [0.29, 0.717) is 18.9 Å². The summed E-state index contributed by atoms with van der Waals surface area (Å²) in [5.74, 6) is 0.570. The molecular formula is C18H25NO2. The third-order valence-electron chi connectivity index (χ3n) is 4.81. The van der Waals surface area contributed by atoms with E-state index in [4.69, 9.17) is 0 Å². The maximum Gasteiger partial charge on any atom is 0.236 e. The molecule has 114 valence electrons. The molecule has 0 N–H and O–H groups in total. The zero-order valence-electron chi connectivity index (χ0n) is 13.6. The molecule has 21 heavy (non-hydrogen) atoms. The van der Waals surface area contributed by atoms with Crippen molar-refractivity contribution in [2.75, 3.05) is 0 Å². The van der Waals surface area contributed by atoms with Crippen LogP contribution in [0.25, 0.3) is 0 Å². The van der Waals surface area contributed by atoms with Crippen molar-refractivity contribution in [3.8, 4) is 0 Å². The first-order valence-corrected chi connectivity index (χ1v) is 7.69. The predicted octanol–water partition coefficient (Wildman–Crippen LogP) is 3.73. The highest BCUT2D eigenvalue weighted by molar-refractivity contribution is 6.05. The van der Waals surface area contributed by atoms with Crippen molar-refractivity contribution < 1.29 is 9.59 Å². The van der Waals surface area contributed by atoms with Crippen molar-refractivity contribution in [2.45, 2.75) is 53.5 Å². The fraction of sp³-hybridized carbons (Fsp3) is 0.556. The number of amides is 2. The Labute approximate surface area is 127 Å². The lowest BCUT2D eigenvalue weighted by Crippen LogP contribution is -2.36. The SMILES string of the molecule is CC(C)c1ccc(CN2C(=O)CC(C)(C(C)C)C2=O)cc1. The second-order valence-corrected chi connectivity index (χ2v) is 6.93. The molecule has 0 radical (unpaired) electrons. The summed E-state index contributed by atoms with van der Waals surface area (Å²) in [5, 5.41) is 0. The highest BCUT2D eigenvalue weighted by Gasteiger charge is 2.49. The molecular weight excluding hydrogens is 262 g/mol. The van der Waals surface area contributed by atoms with Gasteiger partial charge in [-0.2, -0.15) is 0 Å². The van der Waals surface area contributed by atoms with Gasteiger partial charge in [-0.15, -0.1) is 0 Å². The number of hydrogen-bond donors (Lipinski definition) is 0. The van der Waals surface area contributed by atoms with E-state index < -0.39 is 5.41 Å². The van der Waals surface area contributed by atoms with E-state index in [2.05, 4.69) is 26.0 Å². The summed E-state index contributed by atoms with van der Waals surface area (Å²) < 4.78 is 0. The van der Waals surface area contributed by atoms with E-state index in [-0.39, 0.29) is 17.7 Å². The maximum atomic E-state index is 12.6. The topological polar surface area (TPSA) is 37.4 Å². The van der Waals surface area contributed by atoms with Gasteiger partial charge in [0.1, 0.15) is 0 Å². The molecule has 1 unspecified atom stereocenters. The Kier molecular flexibility index (Phi) is 4.22. The Bertz CT molecular complexity index is 545. The molecule has 1 saturated heterocycles. The number of rotatable bonds is 4. The second-order valence-electron chi connectivity index (χ2n) is 6.93. The van der Waals surface area contributed by atoms with Gasteiger partial charge in [0.05, 0.1) is 12.0 Å². The molecule has 0 aliphatic carbocycles. The summed E-state index contributed by atoms with van der Waals surface area (Å²) in [6, 6.07) is 8.18. The minimum atomic E-state index is -0.547. The molecule has 0 bridgehead atoms. The van der Waals surface area contributed by atoms with Gasteiger partial charge in [0, 0.05) is 6.42 Å². The van der Waals surface area contributed by atoms with Crippen LogP contribution < -0.4 is 0 Å². The van der Waals surface area contributed by atoms with E-state index in [1.807, 2.05) is 32.9 Å². The average molecular weight is 287 g/mol. The zero-order valence-corrected chi connectivity index (χ0v) is 13.6. The predicted molar refractivity (Wildman–Crippen MR) is 83.7 cm³/mol. The molecule has 1 aliphatic rings. The molecule has 1 aromatic rings. The molecule has 1 atom stereocenters. The summed E-state index contributed by atoms with van der Waals surface area (Å²) in [5.41, 5.74) is 1.73. The van der Waals surface area contributed by atoms with E-state index in [1.165, 1.54) is 10.5 Å². The van der Waals surface area contributed by atoms with E-state index in [0.717, 1.165) is 5.56 Å². The van der Waals surface area contributed by atoms with Crippen molar-refractivity contribution in [3.63, 3.8) is 0 Å². The molecule has 1 heterocycles. The Balaban J connectivity index is 2.16. The van der Waals surface area contributed by atoms with Gasteiger partial charge < -0.3 is 0 Å². The van der Waals surface area contributed by atoms with Gasteiger partial charge >= 0.3 is 0 Å². The molecule has 1 fully saturated rings. The van der Waals surface area contributed by atoms with E-state index in [1.54, 1.807) is 0 Å². The zero-order chi connectivity index (χ0) is 15.8. The number of benzene rings is 1. The van der Waals surface area contributed by atoms with Crippen molar-refractivity contribution in [2.24, 2.45) is 11.3 Å². The Morgan fingerprint density at radius 2 is 1.67 bits per heavy atom. The molecule has 2 rings (SSSR count). The van der Waals surface area contributed by atoms with Gasteiger partial charge in [-0.3, -0.25) is 14.5 Å². The third kappa shape index (κ3) is 2.87. The summed E-state index contributed by atoms with van der Waals surface area (Å²) >= 11 is 0.